The Kier molecular flexibility index (Phi) is 4.52. The molecule has 4 rings (SSSR count). The molecule has 1 atom stereocenters. The molecule has 2 aromatic carbocycles. The van der Waals surface area contributed by atoms with Crippen molar-refractivity contribution in [3.63, 3.8) is 0 Å². The standard InChI is InChI=1S/C18H14ClN3O6/c19-11-1-3-13(14(6-11)22(25)26)20-18(24)10-5-17(23)21(8-10)12-2-4-15-16(7-12)28-9-27-15/h1-4,6-7,10H,5,8-9H2,(H,20,24). The fraction of sp³-hybridized carbons (Fsp3) is 0.222. The van der Waals surface area contributed by atoms with Crippen LogP contribution in [-0.4, -0.2) is 30.1 Å². The first-order valence-corrected chi connectivity index (χ1v) is 8.75. The zero-order valence-electron chi connectivity index (χ0n) is 14.4. The van der Waals surface area contributed by atoms with Crippen molar-refractivity contribution in [2.45, 2.75) is 6.42 Å². The third-order valence-electron chi connectivity index (χ3n) is 4.58. The molecule has 0 bridgehead atoms. The van der Waals surface area contributed by atoms with E-state index in [-0.39, 0.29) is 42.1 Å². The number of fused-ring (bicyclic) bond motifs is 1. The summed E-state index contributed by atoms with van der Waals surface area (Å²) < 4.78 is 10.6. The lowest BCUT2D eigenvalue weighted by molar-refractivity contribution is -0.383. The average molecular weight is 404 g/mol. The van der Waals surface area contributed by atoms with Gasteiger partial charge in [0.15, 0.2) is 11.5 Å². The maximum Gasteiger partial charge on any atom is 0.294 e. The van der Waals surface area contributed by atoms with Gasteiger partial charge in [0, 0.05) is 35.8 Å². The summed E-state index contributed by atoms with van der Waals surface area (Å²) in [5.74, 6) is -0.199. The van der Waals surface area contributed by atoms with Gasteiger partial charge in [-0.1, -0.05) is 11.6 Å². The van der Waals surface area contributed by atoms with Gasteiger partial charge in [-0.25, -0.2) is 0 Å². The Morgan fingerprint density at radius 1 is 1.21 bits per heavy atom. The van der Waals surface area contributed by atoms with Gasteiger partial charge in [0.2, 0.25) is 18.6 Å². The van der Waals surface area contributed by atoms with E-state index in [2.05, 4.69) is 5.32 Å². The fourth-order valence-electron chi connectivity index (χ4n) is 3.18. The molecular weight excluding hydrogens is 390 g/mol. The summed E-state index contributed by atoms with van der Waals surface area (Å²) in [6.45, 7) is 0.281. The molecule has 1 fully saturated rings. The third-order valence-corrected chi connectivity index (χ3v) is 4.81. The van der Waals surface area contributed by atoms with Gasteiger partial charge in [-0.2, -0.15) is 0 Å². The normalized spacial score (nSPS) is 17.7. The van der Waals surface area contributed by atoms with E-state index in [0.717, 1.165) is 6.07 Å². The molecule has 0 aromatic heterocycles. The highest BCUT2D eigenvalue weighted by molar-refractivity contribution is 6.31. The van der Waals surface area contributed by atoms with Crippen molar-refractivity contribution in [3.8, 4) is 11.5 Å². The quantitative estimate of drug-likeness (QED) is 0.620. The number of anilines is 2. The first kappa shape index (κ1) is 18.1. The Labute approximate surface area is 163 Å². The number of hydrogen-bond donors (Lipinski definition) is 1. The number of halogens is 1. The maximum absolute atomic E-state index is 12.6. The number of rotatable bonds is 4. The van der Waals surface area contributed by atoms with E-state index >= 15 is 0 Å². The van der Waals surface area contributed by atoms with Crippen LogP contribution in [0.2, 0.25) is 5.02 Å². The second-order valence-electron chi connectivity index (χ2n) is 6.35. The van der Waals surface area contributed by atoms with E-state index in [1.807, 2.05) is 0 Å². The number of ether oxygens (including phenoxy) is 2. The maximum atomic E-state index is 12.6. The van der Waals surface area contributed by atoms with Crippen LogP contribution in [-0.2, 0) is 9.59 Å². The second-order valence-corrected chi connectivity index (χ2v) is 6.79. The smallest absolute Gasteiger partial charge is 0.294 e. The van der Waals surface area contributed by atoms with Crippen LogP contribution in [0.3, 0.4) is 0 Å². The third kappa shape index (κ3) is 3.31. The van der Waals surface area contributed by atoms with E-state index in [4.69, 9.17) is 21.1 Å². The summed E-state index contributed by atoms with van der Waals surface area (Å²) in [6.07, 6.45) is 0.00165. The molecule has 2 aliphatic rings. The molecule has 0 aliphatic carbocycles. The average Bonchev–Trinajstić information content (AvgIpc) is 3.28. The van der Waals surface area contributed by atoms with Gasteiger partial charge in [0.25, 0.3) is 5.69 Å². The first-order valence-electron chi connectivity index (χ1n) is 8.37. The molecule has 2 amide bonds. The SMILES string of the molecule is O=C(Nc1ccc(Cl)cc1[N+](=O)[O-])C1CC(=O)N(c2ccc3c(c2)OCO3)C1. The van der Waals surface area contributed by atoms with Crippen LogP contribution < -0.4 is 19.7 Å². The predicted octanol–water partition coefficient (Wildman–Crippen LogP) is 2.97. The molecule has 2 heterocycles. The summed E-state index contributed by atoms with van der Waals surface area (Å²) in [5.41, 5.74) is 0.327. The molecule has 144 valence electrons. The summed E-state index contributed by atoms with van der Waals surface area (Å²) in [7, 11) is 0. The highest BCUT2D eigenvalue weighted by Gasteiger charge is 2.36. The molecule has 2 aromatic rings. The summed E-state index contributed by atoms with van der Waals surface area (Å²) in [4.78, 5) is 37.0. The van der Waals surface area contributed by atoms with E-state index in [1.165, 1.54) is 17.0 Å². The zero-order valence-corrected chi connectivity index (χ0v) is 15.1. The molecule has 1 unspecified atom stereocenters. The van der Waals surface area contributed by atoms with Crippen molar-refractivity contribution < 1.29 is 24.0 Å². The number of benzene rings is 2. The summed E-state index contributed by atoms with van der Waals surface area (Å²) >= 11 is 5.78. The van der Waals surface area contributed by atoms with Gasteiger partial charge in [0.1, 0.15) is 5.69 Å². The van der Waals surface area contributed by atoms with Crippen LogP contribution in [0.25, 0.3) is 0 Å². The van der Waals surface area contributed by atoms with E-state index in [1.54, 1.807) is 18.2 Å². The molecule has 2 aliphatic heterocycles. The number of amides is 2. The minimum absolute atomic E-state index is 0.00165. The van der Waals surface area contributed by atoms with Crippen LogP contribution in [0.5, 0.6) is 11.5 Å². The van der Waals surface area contributed by atoms with Crippen molar-refractivity contribution in [1.29, 1.82) is 0 Å². The highest BCUT2D eigenvalue weighted by Crippen LogP contribution is 2.37. The van der Waals surface area contributed by atoms with Gasteiger partial charge in [-0.05, 0) is 24.3 Å². The van der Waals surface area contributed by atoms with E-state index in [0.29, 0.717) is 17.2 Å². The zero-order chi connectivity index (χ0) is 19.8. The number of carbonyl (C=O) groups excluding carboxylic acids is 2. The lowest BCUT2D eigenvalue weighted by Gasteiger charge is -2.17. The number of hydrogen-bond acceptors (Lipinski definition) is 6. The molecule has 0 spiro atoms. The monoisotopic (exact) mass is 403 g/mol. The molecule has 0 saturated carbocycles. The minimum atomic E-state index is -0.645. The van der Waals surface area contributed by atoms with Crippen molar-refractivity contribution >= 4 is 40.5 Å². The number of nitro benzene ring substituents is 1. The Hall–Kier alpha value is -3.33. The van der Waals surface area contributed by atoms with E-state index < -0.39 is 16.7 Å². The van der Waals surface area contributed by atoms with Crippen molar-refractivity contribution in [3.05, 3.63) is 51.5 Å². The molecule has 1 N–H and O–H groups in total. The highest BCUT2D eigenvalue weighted by atomic mass is 35.5. The van der Waals surface area contributed by atoms with Gasteiger partial charge in [-0.15, -0.1) is 0 Å². The molecule has 0 radical (unpaired) electrons. The van der Waals surface area contributed by atoms with Crippen LogP contribution in [0.4, 0.5) is 17.1 Å². The molecule has 28 heavy (non-hydrogen) atoms. The molecule has 9 nitrogen and oxygen atoms in total. The van der Waals surface area contributed by atoms with Gasteiger partial charge in [-0.3, -0.25) is 19.7 Å². The van der Waals surface area contributed by atoms with Crippen molar-refractivity contribution in [1.82, 2.24) is 0 Å². The second kappa shape index (κ2) is 7.01. The first-order chi connectivity index (χ1) is 13.4. The Balaban J connectivity index is 1.50. The Morgan fingerprint density at radius 3 is 2.79 bits per heavy atom. The molecular formula is C18H14ClN3O6. The predicted molar refractivity (Wildman–Crippen MR) is 99.8 cm³/mol. The Morgan fingerprint density at radius 2 is 2.00 bits per heavy atom. The van der Waals surface area contributed by atoms with Gasteiger partial charge in [0.05, 0.1) is 10.8 Å². The van der Waals surface area contributed by atoms with Crippen LogP contribution in [0, 0.1) is 16.0 Å². The van der Waals surface area contributed by atoms with Crippen LogP contribution >= 0.6 is 11.6 Å². The molecule has 1 saturated heterocycles. The minimum Gasteiger partial charge on any atom is -0.454 e. The number of nitro groups is 1. The Bertz CT molecular complexity index is 995. The van der Waals surface area contributed by atoms with Crippen molar-refractivity contribution in [2.75, 3.05) is 23.6 Å². The molecule has 10 heteroatoms. The van der Waals surface area contributed by atoms with E-state index in [9.17, 15) is 19.7 Å². The summed E-state index contributed by atoms with van der Waals surface area (Å²) in [6, 6.07) is 9.08. The van der Waals surface area contributed by atoms with Crippen LogP contribution in [0.1, 0.15) is 6.42 Å². The van der Waals surface area contributed by atoms with Gasteiger partial charge >= 0.3 is 0 Å². The lowest BCUT2D eigenvalue weighted by Crippen LogP contribution is -2.28. The number of nitrogens with one attached hydrogen (secondary N) is 1. The van der Waals surface area contributed by atoms with Crippen molar-refractivity contribution in [2.24, 2.45) is 5.92 Å². The largest absolute Gasteiger partial charge is 0.454 e. The summed E-state index contributed by atoms with van der Waals surface area (Å²) in [5, 5.41) is 13.9. The number of nitrogens with zero attached hydrogens (tertiary/aromatic N) is 2. The van der Waals surface area contributed by atoms with Crippen LogP contribution in [0.15, 0.2) is 36.4 Å². The fourth-order valence-corrected chi connectivity index (χ4v) is 3.35. The topological polar surface area (TPSA) is 111 Å². The number of carbonyl (C=O) groups is 2. The lowest BCUT2D eigenvalue weighted by atomic mass is 10.1. The van der Waals surface area contributed by atoms with Gasteiger partial charge < -0.3 is 19.7 Å².